The minimum absolute atomic E-state index is 0.106. The van der Waals surface area contributed by atoms with Crippen LogP contribution in [0.1, 0.15) is 17.8 Å². The molecule has 8 heteroatoms. The zero-order valence-corrected chi connectivity index (χ0v) is 13.8. The van der Waals surface area contributed by atoms with E-state index in [0.717, 1.165) is 10.2 Å². The highest BCUT2D eigenvalue weighted by molar-refractivity contribution is 9.10. The van der Waals surface area contributed by atoms with Crippen LogP contribution in [0.25, 0.3) is 0 Å². The highest BCUT2D eigenvalue weighted by Crippen LogP contribution is 2.31. The summed E-state index contributed by atoms with van der Waals surface area (Å²) in [6, 6.07) is 9.06. The van der Waals surface area contributed by atoms with E-state index in [4.69, 9.17) is 5.14 Å². The van der Waals surface area contributed by atoms with E-state index in [1.54, 1.807) is 29.5 Å². The van der Waals surface area contributed by atoms with Crippen LogP contribution in [0, 0.1) is 0 Å². The molecule has 0 aliphatic heterocycles. The van der Waals surface area contributed by atoms with Gasteiger partial charge in [-0.15, -0.1) is 11.3 Å². The van der Waals surface area contributed by atoms with E-state index in [2.05, 4.69) is 26.0 Å². The summed E-state index contributed by atoms with van der Waals surface area (Å²) in [7, 11) is -3.76. The molecule has 0 bridgehead atoms. The van der Waals surface area contributed by atoms with Gasteiger partial charge in [-0.25, -0.2) is 5.14 Å². The Kier molecular flexibility index (Phi) is 4.69. The molecule has 108 valence electrons. The third kappa shape index (κ3) is 4.20. The number of anilines is 2. The molecule has 1 unspecified atom stereocenters. The van der Waals surface area contributed by atoms with Crippen LogP contribution in [-0.2, 0) is 10.2 Å². The van der Waals surface area contributed by atoms with Gasteiger partial charge in [-0.05, 0) is 52.5 Å². The van der Waals surface area contributed by atoms with Crippen molar-refractivity contribution in [2.75, 3.05) is 10.0 Å². The lowest BCUT2D eigenvalue weighted by molar-refractivity contribution is 0.603. The molecule has 1 aromatic carbocycles. The number of benzene rings is 1. The van der Waals surface area contributed by atoms with Gasteiger partial charge in [0.25, 0.3) is 10.2 Å². The fourth-order valence-electron chi connectivity index (χ4n) is 1.77. The number of nitrogens with one attached hydrogen (secondary N) is 2. The lowest BCUT2D eigenvalue weighted by atomic mass is 10.2. The highest BCUT2D eigenvalue weighted by atomic mass is 79.9. The summed E-state index contributed by atoms with van der Waals surface area (Å²) in [4.78, 5) is 1.18. The van der Waals surface area contributed by atoms with Crippen molar-refractivity contribution in [1.82, 2.24) is 0 Å². The Hall–Kier alpha value is -1.09. The van der Waals surface area contributed by atoms with Gasteiger partial charge in [0.15, 0.2) is 0 Å². The van der Waals surface area contributed by atoms with Gasteiger partial charge >= 0.3 is 0 Å². The summed E-state index contributed by atoms with van der Waals surface area (Å²) in [5.41, 5.74) is 1.24. The van der Waals surface area contributed by atoms with Crippen LogP contribution in [0.3, 0.4) is 0 Å². The summed E-state index contributed by atoms with van der Waals surface area (Å²) in [5.74, 6) is 0. The number of rotatable bonds is 5. The molecule has 0 spiro atoms. The Morgan fingerprint density at radius 3 is 2.60 bits per heavy atom. The van der Waals surface area contributed by atoms with Crippen molar-refractivity contribution in [3.05, 3.63) is 45.1 Å². The van der Waals surface area contributed by atoms with E-state index < -0.39 is 10.2 Å². The monoisotopic (exact) mass is 375 g/mol. The van der Waals surface area contributed by atoms with Gasteiger partial charge in [0.05, 0.1) is 11.7 Å². The van der Waals surface area contributed by atoms with Crippen LogP contribution in [0.15, 0.2) is 40.2 Å². The van der Waals surface area contributed by atoms with Crippen LogP contribution in [-0.4, -0.2) is 8.42 Å². The van der Waals surface area contributed by atoms with Crippen molar-refractivity contribution in [3.8, 4) is 0 Å². The first-order chi connectivity index (χ1) is 9.35. The second kappa shape index (κ2) is 6.13. The molecule has 0 radical (unpaired) electrons. The maximum absolute atomic E-state index is 11.0. The summed E-state index contributed by atoms with van der Waals surface area (Å²) < 4.78 is 25.3. The van der Waals surface area contributed by atoms with Gasteiger partial charge in [0, 0.05) is 15.0 Å². The van der Waals surface area contributed by atoms with E-state index in [1.165, 1.54) is 4.88 Å². The Morgan fingerprint density at radius 1 is 1.30 bits per heavy atom. The molecule has 0 saturated carbocycles. The van der Waals surface area contributed by atoms with Crippen molar-refractivity contribution in [2.24, 2.45) is 5.14 Å². The van der Waals surface area contributed by atoms with Gasteiger partial charge in [0.1, 0.15) is 0 Å². The number of hydrogen-bond donors (Lipinski definition) is 3. The molecule has 4 N–H and O–H groups in total. The van der Waals surface area contributed by atoms with Gasteiger partial charge in [-0.1, -0.05) is 6.07 Å². The third-order valence-corrected chi connectivity index (χ3v) is 5.12. The van der Waals surface area contributed by atoms with E-state index in [0.29, 0.717) is 5.69 Å². The van der Waals surface area contributed by atoms with Crippen LogP contribution in [0.2, 0.25) is 0 Å². The van der Waals surface area contributed by atoms with Gasteiger partial charge in [0.2, 0.25) is 0 Å². The lowest BCUT2D eigenvalue weighted by Crippen LogP contribution is -2.21. The SMILES string of the molecule is CC(Nc1cccc(NS(N)(=O)=O)c1)c1sccc1Br. The Balaban J connectivity index is 2.14. The van der Waals surface area contributed by atoms with Crippen molar-refractivity contribution in [2.45, 2.75) is 13.0 Å². The van der Waals surface area contributed by atoms with Gasteiger partial charge < -0.3 is 5.32 Å². The van der Waals surface area contributed by atoms with Crippen LogP contribution in [0.4, 0.5) is 11.4 Å². The van der Waals surface area contributed by atoms with Crippen molar-refractivity contribution in [1.29, 1.82) is 0 Å². The molecule has 1 atom stereocenters. The quantitative estimate of drug-likeness (QED) is 0.749. The molecule has 2 aromatic rings. The maximum Gasteiger partial charge on any atom is 0.296 e. The van der Waals surface area contributed by atoms with Gasteiger partial charge in [-0.2, -0.15) is 8.42 Å². The summed E-state index contributed by atoms with van der Waals surface area (Å²) in [6.07, 6.45) is 0. The number of hydrogen-bond acceptors (Lipinski definition) is 4. The predicted molar refractivity (Wildman–Crippen MR) is 87.2 cm³/mol. The van der Waals surface area contributed by atoms with E-state index in [9.17, 15) is 8.42 Å². The van der Waals surface area contributed by atoms with Crippen LogP contribution in [0.5, 0.6) is 0 Å². The predicted octanol–water partition coefficient (Wildman–Crippen LogP) is 3.30. The normalized spacial score (nSPS) is 12.9. The number of thiophene rings is 1. The number of nitrogens with two attached hydrogens (primary N) is 1. The van der Waals surface area contributed by atoms with Crippen LogP contribution >= 0.6 is 27.3 Å². The molecule has 0 saturated heterocycles. The third-order valence-electron chi connectivity index (χ3n) is 2.54. The van der Waals surface area contributed by atoms with E-state index in [1.807, 2.05) is 24.4 Å². The largest absolute Gasteiger partial charge is 0.378 e. The van der Waals surface area contributed by atoms with E-state index in [-0.39, 0.29) is 6.04 Å². The first-order valence-corrected chi connectivity index (χ1v) is 8.97. The molecule has 5 nitrogen and oxygen atoms in total. The standard InChI is InChI=1S/C12H14BrN3O2S2/c1-8(12-11(13)5-6-19-12)15-9-3-2-4-10(7-9)16-20(14,17)18/h2-8,15-16H,1H3,(H2,14,17,18). The van der Waals surface area contributed by atoms with Crippen molar-refractivity contribution in [3.63, 3.8) is 0 Å². The maximum atomic E-state index is 11.0. The first kappa shape index (κ1) is 15.3. The first-order valence-electron chi connectivity index (χ1n) is 5.75. The Morgan fingerprint density at radius 2 is 2.00 bits per heavy atom. The summed E-state index contributed by atoms with van der Waals surface area (Å²) in [5, 5.41) is 10.3. The molecule has 1 heterocycles. The molecule has 1 aromatic heterocycles. The average molecular weight is 376 g/mol. The zero-order valence-electron chi connectivity index (χ0n) is 10.6. The fourth-order valence-corrected chi connectivity index (χ4v) is 3.95. The summed E-state index contributed by atoms with van der Waals surface area (Å²) in [6.45, 7) is 2.04. The average Bonchev–Trinajstić information content (AvgIpc) is 2.73. The fraction of sp³-hybridized carbons (Fsp3) is 0.167. The molecular formula is C12H14BrN3O2S2. The lowest BCUT2D eigenvalue weighted by Gasteiger charge is -2.15. The molecule has 20 heavy (non-hydrogen) atoms. The molecule has 0 fully saturated rings. The molecule has 0 aliphatic carbocycles. The van der Waals surface area contributed by atoms with Crippen molar-refractivity contribution < 1.29 is 8.42 Å². The summed E-state index contributed by atoms with van der Waals surface area (Å²) >= 11 is 5.15. The number of halogens is 1. The molecule has 0 amide bonds. The van der Waals surface area contributed by atoms with Crippen LogP contribution < -0.4 is 15.2 Å². The molecule has 0 aliphatic rings. The Labute approximate surface area is 130 Å². The second-order valence-electron chi connectivity index (χ2n) is 4.23. The van der Waals surface area contributed by atoms with Gasteiger partial charge in [-0.3, -0.25) is 4.72 Å². The molecular weight excluding hydrogens is 362 g/mol. The Bertz CT molecular complexity index is 700. The minimum Gasteiger partial charge on any atom is -0.378 e. The second-order valence-corrected chi connectivity index (χ2v) is 7.32. The zero-order chi connectivity index (χ0) is 14.8. The minimum atomic E-state index is -3.76. The van der Waals surface area contributed by atoms with Crippen molar-refractivity contribution >= 4 is 48.9 Å². The molecule has 2 rings (SSSR count). The van der Waals surface area contributed by atoms with E-state index >= 15 is 0 Å². The highest BCUT2D eigenvalue weighted by Gasteiger charge is 2.11. The smallest absolute Gasteiger partial charge is 0.296 e. The topological polar surface area (TPSA) is 84.2 Å².